The van der Waals surface area contributed by atoms with E-state index in [-0.39, 0.29) is 22.0 Å². The molecule has 0 aliphatic carbocycles. The summed E-state index contributed by atoms with van der Waals surface area (Å²) in [5.41, 5.74) is 8.36. The number of hydrogen-bond acceptors (Lipinski definition) is 4. The fourth-order valence-corrected chi connectivity index (χ4v) is 6.57. The molecule has 0 radical (unpaired) electrons. The van der Waals surface area contributed by atoms with Gasteiger partial charge in [0, 0.05) is 16.9 Å². The summed E-state index contributed by atoms with van der Waals surface area (Å²) in [7, 11) is -2.90. The highest BCUT2D eigenvalue weighted by atomic mass is 32.2. The zero-order chi connectivity index (χ0) is 12.8. The predicted octanol–water partition coefficient (Wildman–Crippen LogP) is 1.81. The van der Waals surface area contributed by atoms with Crippen molar-refractivity contribution in [2.45, 2.75) is 48.7 Å². The molecule has 7 heteroatoms. The van der Waals surface area contributed by atoms with Crippen molar-refractivity contribution in [1.82, 2.24) is 0 Å². The predicted molar refractivity (Wildman–Crippen MR) is 65.8 cm³/mol. The Morgan fingerprint density at radius 3 is 2.61 bits per heavy atom. The average Bonchev–Trinajstić information content (AvgIpc) is 2.72. The van der Waals surface area contributed by atoms with Gasteiger partial charge in [-0.2, -0.15) is 0 Å². The first-order valence-corrected chi connectivity index (χ1v) is 8.05. The summed E-state index contributed by atoms with van der Waals surface area (Å²) in [6.07, 6.45) is 3.79. The Morgan fingerprint density at radius 2 is 2.00 bits per heavy atom. The number of fused-ring (bicyclic) bond motifs is 2. The molecule has 100 valence electrons. The van der Waals surface area contributed by atoms with Gasteiger partial charge in [0.1, 0.15) is 0 Å². The molecule has 3 rings (SSSR count). The van der Waals surface area contributed by atoms with Crippen molar-refractivity contribution in [2.75, 3.05) is 13.2 Å². The summed E-state index contributed by atoms with van der Waals surface area (Å²) >= 11 is 0. The van der Waals surface area contributed by atoms with Gasteiger partial charge in [0.15, 0.2) is 9.84 Å². The molecule has 0 N–H and O–H groups in total. The van der Waals surface area contributed by atoms with Crippen molar-refractivity contribution in [3.63, 3.8) is 0 Å². The van der Waals surface area contributed by atoms with Crippen molar-refractivity contribution in [3.05, 3.63) is 10.4 Å². The smallest absolute Gasteiger partial charge is 0.156 e. The SMILES string of the molecule is [N-]=[N+]=NCC1OCCC12CC1CCC(C2)S1(=O)=O. The van der Waals surface area contributed by atoms with Crippen LogP contribution in [-0.2, 0) is 14.6 Å². The van der Waals surface area contributed by atoms with Crippen LogP contribution in [0.2, 0.25) is 0 Å². The molecule has 3 aliphatic heterocycles. The van der Waals surface area contributed by atoms with E-state index in [0.717, 1.165) is 19.3 Å². The second-order valence-corrected chi connectivity index (χ2v) is 8.22. The number of hydrogen-bond donors (Lipinski definition) is 0. The van der Waals surface area contributed by atoms with Crippen LogP contribution in [0.5, 0.6) is 0 Å². The molecule has 0 aromatic carbocycles. The van der Waals surface area contributed by atoms with E-state index in [1.165, 1.54) is 0 Å². The van der Waals surface area contributed by atoms with Gasteiger partial charge < -0.3 is 4.74 Å². The molecule has 1 spiro atoms. The first-order chi connectivity index (χ1) is 8.58. The highest BCUT2D eigenvalue weighted by Gasteiger charge is 2.57. The molecule has 0 amide bonds. The molecule has 3 aliphatic rings. The van der Waals surface area contributed by atoms with Crippen LogP contribution in [0, 0.1) is 5.41 Å². The van der Waals surface area contributed by atoms with Gasteiger partial charge in [-0.25, -0.2) is 8.42 Å². The molecule has 18 heavy (non-hydrogen) atoms. The van der Waals surface area contributed by atoms with E-state index in [1.807, 2.05) is 0 Å². The summed E-state index contributed by atoms with van der Waals surface area (Å²) in [5, 5.41) is 3.24. The molecule has 3 heterocycles. The van der Waals surface area contributed by atoms with Crippen molar-refractivity contribution in [1.29, 1.82) is 0 Å². The fourth-order valence-electron chi connectivity index (χ4n) is 3.97. The topological polar surface area (TPSA) is 92.1 Å². The van der Waals surface area contributed by atoms with Crippen LogP contribution >= 0.6 is 0 Å². The molecule has 3 atom stereocenters. The maximum Gasteiger partial charge on any atom is 0.156 e. The van der Waals surface area contributed by atoms with Crippen LogP contribution in [0.1, 0.15) is 32.1 Å². The third-order valence-electron chi connectivity index (χ3n) is 4.92. The van der Waals surface area contributed by atoms with Gasteiger partial charge >= 0.3 is 0 Å². The lowest BCUT2D eigenvalue weighted by atomic mass is 9.74. The Balaban J connectivity index is 1.87. The summed E-state index contributed by atoms with van der Waals surface area (Å²) in [4.78, 5) is 2.79. The van der Waals surface area contributed by atoms with Crippen molar-refractivity contribution in [2.24, 2.45) is 10.5 Å². The quantitative estimate of drug-likeness (QED) is 0.435. The Hall–Kier alpha value is -0.780. The molecule has 0 saturated carbocycles. The molecule has 0 aromatic heterocycles. The summed E-state index contributed by atoms with van der Waals surface area (Å²) in [6, 6.07) is 0. The van der Waals surface area contributed by atoms with E-state index in [2.05, 4.69) is 10.0 Å². The van der Waals surface area contributed by atoms with Crippen molar-refractivity contribution in [3.8, 4) is 0 Å². The first kappa shape index (κ1) is 12.3. The number of sulfone groups is 1. The lowest BCUT2D eigenvalue weighted by Gasteiger charge is -2.40. The van der Waals surface area contributed by atoms with Crippen LogP contribution in [0.3, 0.4) is 0 Å². The summed E-state index contributed by atoms with van der Waals surface area (Å²) < 4.78 is 29.9. The van der Waals surface area contributed by atoms with Gasteiger partial charge in [-0.1, -0.05) is 5.11 Å². The molecule has 0 aromatic rings. The first-order valence-electron chi connectivity index (χ1n) is 6.44. The molecular formula is C11H17N3O3S. The fraction of sp³-hybridized carbons (Fsp3) is 1.00. The lowest BCUT2D eigenvalue weighted by Crippen LogP contribution is -2.45. The minimum atomic E-state index is -2.90. The Morgan fingerprint density at radius 1 is 1.33 bits per heavy atom. The zero-order valence-electron chi connectivity index (χ0n) is 10.2. The number of ether oxygens (including phenoxy) is 1. The van der Waals surface area contributed by atoms with E-state index >= 15 is 0 Å². The molecule has 3 fully saturated rings. The average molecular weight is 271 g/mol. The van der Waals surface area contributed by atoms with Gasteiger partial charge in [0.2, 0.25) is 0 Å². The van der Waals surface area contributed by atoms with Crippen molar-refractivity contribution >= 4 is 9.84 Å². The standard InChI is InChI=1S/C11H17N3O3S/c12-14-13-7-10-11(3-4-17-10)5-8-1-2-9(6-11)18(8,15)16/h8-10H,1-7H2. The molecule has 3 saturated heterocycles. The van der Waals surface area contributed by atoms with E-state index in [1.54, 1.807) is 0 Å². The Labute approximate surface area is 106 Å². The normalized spacial score (nSPS) is 45.0. The largest absolute Gasteiger partial charge is 0.377 e. The molecular weight excluding hydrogens is 254 g/mol. The highest BCUT2D eigenvalue weighted by Crippen LogP contribution is 2.53. The summed E-state index contributed by atoms with van der Waals surface area (Å²) in [5.74, 6) is 0. The number of azide groups is 1. The minimum Gasteiger partial charge on any atom is -0.377 e. The Bertz CT molecular complexity index is 478. The van der Waals surface area contributed by atoms with Crippen LogP contribution in [0.15, 0.2) is 5.11 Å². The second-order valence-electron chi connectivity index (χ2n) is 5.70. The monoisotopic (exact) mass is 271 g/mol. The van der Waals surface area contributed by atoms with Crippen LogP contribution in [0.25, 0.3) is 10.4 Å². The van der Waals surface area contributed by atoms with Gasteiger partial charge in [-0.05, 0) is 37.6 Å². The highest BCUT2D eigenvalue weighted by molar-refractivity contribution is 7.93. The van der Waals surface area contributed by atoms with Gasteiger partial charge in [0.25, 0.3) is 0 Å². The van der Waals surface area contributed by atoms with Gasteiger partial charge in [-0.15, -0.1) is 0 Å². The van der Waals surface area contributed by atoms with Crippen molar-refractivity contribution < 1.29 is 13.2 Å². The van der Waals surface area contributed by atoms with Crippen LogP contribution < -0.4 is 0 Å². The van der Waals surface area contributed by atoms with E-state index in [0.29, 0.717) is 26.0 Å². The number of nitrogens with zero attached hydrogens (tertiary/aromatic N) is 3. The minimum absolute atomic E-state index is 0.0641. The maximum absolute atomic E-state index is 12.1. The number of rotatable bonds is 2. The zero-order valence-corrected chi connectivity index (χ0v) is 11.0. The van der Waals surface area contributed by atoms with Gasteiger partial charge in [-0.3, -0.25) is 0 Å². The van der Waals surface area contributed by atoms with E-state index < -0.39 is 9.84 Å². The van der Waals surface area contributed by atoms with E-state index in [4.69, 9.17) is 10.3 Å². The second kappa shape index (κ2) is 4.11. The molecule has 6 nitrogen and oxygen atoms in total. The molecule has 3 unspecified atom stereocenters. The molecule has 2 bridgehead atoms. The Kier molecular flexibility index (Phi) is 2.80. The lowest BCUT2D eigenvalue weighted by molar-refractivity contribution is 0.0454. The van der Waals surface area contributed by atoms with Gasteiger partial charge in [0.05, 0.1) is 23.1 Å². The third kappa shape index (κ3) is 1.65. The third-order valence-corrected chi connectivity index (χ3v) is 7.58. The van der Waals surface area contributed by atoms with Crippen LogP contribution in [0.4, 0.5) is 0 Å². The summed E-state index contributed by atoms with van der Waals surface area (Å²) in [6.45, 7) is 0.987. The maximum atomic E-state index is 12.1. The van der Waals surface area contributed by atoms with Crippen LogP contribution in [-0.4, -0.2) is 38.2 Å². The van der Waals surface area contributed by atoms with E-state index in [9.17, 15) is 8.42 Å².